The molecule has 0 radical (unpaired) electrons. The van der Waals surface area contributed by atoms with Crippen LogP contribution < -0.4 is 0 Å². The molecule has 1 aliphatic carbocycles. The minimum absolute atomic E-state index is 0.116. The van der Waals surface area contributed by atoms with E-state index < -0.39 is 0 Å². The third kappa shape index (κ3) is 5.08. The van der Waals surface area contributed by atoms with Crippen molar-refractivity contribution >= 4 is 0 Å². The summed E-state index contributed by atoms with van der Waals surface area (Å²) in [6, 6.07) is 9.26. The summed E-state index contributed by atoms with van der Waals surface area (Å²) in [5.74, 6) is 1.64. The second-order valence-corrected chi connectivity index (χ2v) is 8.00. The molecule has 0 spiro atoms. The standard InChI is InChI=1S/C23H36O2/c1-3-5-6-10-21-16-25-23(17-24-21)20-14-12-19(13-15-20)22-11-8-7-9-18(22)4-2/h12-15,18,21-23H,3-11,16-17H2,1-2H3/t18-,21+,22-,23+/m1/s1. The zero-order valence-electron chi connectivity index (χ0n) is 16.2. The molecule has 1 aliphatic heterocycles. The van der Waals surface area contributed by atoms with Crippen molar-refractivity contribution in [2.75, 3.05) is 13.2 Å². The Balaban J connectivity index is 1.53. The van der Waals surface area contributed by atoms with Gasteiger partial charge in [0.25, 0.3) is 0 Å². The minimum atomic E-state index is 0.116. The SMILES string of the molecule is CCCCC[C@H]1CO[C@H](c2ccc([C@@H]3CCCC[C@H]3CC)cc2)CO1. The van der Waals surface area contributed by atoms with E-state index in [0.29, 0.717) is 12.7 Å². The summed E-state index contributed by atoms with van der Waals surface area (Å²) < 4.78 is 12.2. The van der Waals surface area contributed by atoms with Crippen molar-refractivity contribution in [2.24, 2.45) is 5.92 Å². The second kappa shape index (κ2) is 9.73. The number of hydrogen-bond donors (Lipinski definition) is 0. The Labute approximate surface area is 154 Å². The number of rotatable bonds is 7. The normalized spacial score (nSPS) is 30.3. The zero-order valence-corrected chi connectivity index (χ0v) is 16.2. The molecular weight excluding hydrogens is 308 g/mol. The largest absolute Gasteiger partial charge is 0.373 e. The lowest BCUT2D eigenvalue weighted by atomic mass is 9.74. The molecule has 1 aromatic carbocycles. The summed E-state index contributed by atoms with van der Waals surface area (Å²) in [7, 11) is 0. The Hall–Kier alpha value is -0.860. The van der Waals surface area contributed by atoms with Gasteiger partial charge in [-0.25, -0.2) is 0 Å². The highest BCUT2D eigenvalue weighted by atomic mass is 16.6. The molecule has 0 aromatic heterocycles. The van der Waals surface area contributed by atoms with E-state index in [4.69, 9.17) is 9.47 Å². The van der Waals surface area contributed by atoms with Crippen LogP contribution in [0.2, 0.25) is 0 Å². The van der Waals surface area contributed by atoms with Gasteiger partial charge in [0.2, 0.25) is 0 Å². The molecule has 1 saturated heterocycles. The average Bonchev–Trinajstić information content (AvgIpc) is 2.69. The van der Waals surface area contributed by atoms with E-state index in [0.717, 1.165) is 24.9 Å². The van der Waals surface area contributed by atoms with Gasteiger partial charge in [-0.05, 0) is 42.2 Å². The smallest absolute Gasteiger partial charge is 0.106 e. The van der Waals surface area contributed by atoms with Gasteiger partial charge < -0.3 is 9.47 Å². The summed E-state index contributed by atoms with van der Waals surface area (Å²) in [5.41, 5.74) is 2.81. The van der Waals surface area contributed by atoms with Crippen LogP contribution in [-0.2, 0) is 9.47 Å². The van der Waals surface area contributed by atoms with E-state index in [2.05, 4.69) is 38.1 Å². The van der Waals surface area contributed by atoms with Crippen molar-refractivity contribution in [3.05, 3.63) is 35.4 Å². The Morgan fingerprint density at radius 2 is 1.64 bits per heavy atom. The molecule has 0 N–H and O–H groups in total. The van der Waals surface area contributed by atoms with Gasteiger partial charge >= 0.3 is 0 Å². The van der Waals surface area contributed by atoms with Crippen molar-refractivity contribution in [1.82, 2.24) is 0 Å². The molecule has 1 aromatic rings. The molecule has 0 unspecified atom stereocenters. The fourth-order valence-corrected chi connectivity index (χ4v) is 4.62. The van der Waals surface area contributed by atoms with Crippen LogP contribution in [0.15, 0.2) is 24.3 Å². The first kappa shape index (κ1) is 18.9. The maximum Gasteiger partial charge on any atom is 0.106 e. The summed E-state index contributed by atoms with van der Waals surface area (Å²) in [6.45, 7) is 6.04. The van der Waals surface area contributed by atoms with Crippen LogP contribution in [0.5, 0.6) is 0 Å². The molecule has 0 amide bonds. The van der Waals surface area contributed by atoms with Gasteiger partial charge in [-0.15, -0.1) is 0 Å². The Kier molecular flexibility index (Phi) is 7.36. The molecule has 140 valence electrons. The number of unbranched alkanes of at least 4 members (excludes halogenated alkanes) is 2. The molecule has 3 rings (SSSR count). The third-order valence-electron chi connectivity index (χ3n) is 6.27. The number of hydrogen-bond acceptors (Lipinski definition) is 2. The predicted octanol–water partition coefficient (Wildman–Crippen LogP) is 6.41. The molecule has 2 fully saturated rings. The topological polar surface area (TPSA) is 18.5 Å². The van der Waals surface area contributed by atoms with Crippen LogP contribution in [-0.4, -0.2) is 19.3 Å². The minimum Gasteiger partial charge on any atom is -0.373 e. The first-order valence-electron chi connectivity index (χ1n) is 10.6. The molecule has 2 heteroatoms. The monoisotopic (exact) mass is 344 g/mol. The van der Waals surface area contributed by atoms with Crippen LogP contribution in [0.3, 0.4) is 0 Å². The van der Waals surface area contributed by atoms with Crippen LogP contribution in [0.1, 0.15) is 94.8 Å². The van der Waals surface area contributed by atoms with E-state index in [1.807, 2.05) is 0 Å². The van der Waals surface area contributed by atoms with Crippen molar-refractivity contribution < 1.29 is 9.47 Å². The third-order valence-corrected chi connectivity index (χ3v) is 6.27. The maximum atomic E-state index is 6.11. The Bertz CT molecular complexity index is 487. The molecule has 1 heterocycles. The predicted molar refractivity (Wildman–Crippen MR) is 104 cm³/mol. The van der Waals surface area contributed by atoms with Crippen molar-refractivity contribution in [2.45, 2.75) is 89.8 Å². The maximum absolute atomic E-state index is 6.11. The van der Waals surface area contributed by atoms with Gasteiger partial charge in [-0.3, -0.25) is 0 Å². The Morgan fingerprint density at radius 1 is 0.880 bits per heavy atom. The lowest BCUT2D eigenvalue weighted by Gasteiger charge is -2.32. The molecule has 0 bridgehead atoms. The molecule has 4 atom stereocenters. The van der Waals surface area contributed by atoms with E-state index in [1.54, 1.807) is 0 Å². The van der Waals surface area contributed by atoms with Crippen LogP contribution in [0.4, 0.5) is 0 Å². The van der Waals surface area contributed by atoms with Crippen LogP contribution >= 0.6 is 0 Å². The summed E-state index contributed by atoms with van der Waals surface area (Å²) in [4.78, 5) is 0. The van der Waals surface area contributed by atoms with Gasteiger partial charge in [-0.2, -0.15) is 0 Å². The number of ether oxygens (including phenoxy) is 2. The van der Waals surface area contributed by atoms with E-state index in [-0.39, 0.29) is 6.10 Å². The molecular formula is C23H36O2. The summed E-state index contributed by atoms with van der Waals surface area (Å²) in [5, 5.41) is 0. The van der Waals surface area contributed by atoms with E-state index >= 15 is 0 Å². The highest BCUT2D eigenvalue weighted by Gasteiger charge is 2.26. The Morgan fingerprint density at radius 3 is 2.32 bits per heavy atom. The van der Waals surface area contributed by atoms with E-state index in [1.165, 1.54) is 62.5 Å². The fourth-order valence-electron chi connectivity index (χ4n) is 4.62. The average molecular weight is 345 g/mol. The van der Waals surface area contributed by atoms with Crippen molar-refractivity contribution in [3.8, 4) is 0 Å². The molecule has 25 heavy (non-hydrogen) atoms. The van der Waals surface area contributed by atoms with Gasteiger partial charge in [0.15, 0.2) is 0 Å². The summed E-state index contributed by atoms with van der Waals surface area (Å²) >= 11 is 0. The molecule has 1 saturated carbocycles. The first-order chi connectivity index (χ1) is 12.3. The zero-order chi connectivity index (χ0) is 17.5. The molecule has 2 aliphatic rings. The highest BCUT2D eigenvalue weighted by Crippen LogP contribution is 2.39. The van der Waals surface area contributed by atoms with Crippen molar-refractivity contribution in [1.29, 1.82) is 0 Å². The van der Waals surface area contributed by atoms with E-state index in [9.17, 15) is 0 Å². The summed E-state index contributed by atoms with van der Waals surface area (Å²) in [6.07, 6.45) is 12.3. The van der Waals surface area contributed by atoms with Gasteiger partial charge in [0.1, 0.15) is 6.10 Å². The molecule has 2 nitrogen and oxygen atoms in total. The van der Waals surface area contributed by atoms with Crippen molar-refractivity contribution in [3.63, 3.8) is 0 Å². The fraction of sp³-hybridized carbons (Fsp3) is 0.739. The lowest BCUT2D eigenvalue weighted by Crippen LogP contribution is -2.31. The highest BCUT2D eigenvalue weighted by molar-refractivity contribution is 5.28. The van der Waals surface area contributed by atoms with Crippen LogP contribution in [0, 0.1) is 5.92 Å². The van der Waals surface area contributed by atoms with Gasteiger partial charge in [0, 0.05) is 0 Å². The van der Waals surface area contributed by atoms with Crippen LogP contribution in [0.25, 0.3) is 0 Å². The van der Waals surface area contributed by atoms with Gasteiger partial charge in [0.05, 0.1) is 19.3 Å². The first-order valence-corrected chi connectivity index (χ1v) is 10.6. The number of benzene rings is 1. The van der Waals surface area contributed by atoms with Gasteiger partial charge in [-0.1, -0.05) is 76.6 Å². The lowest BCUT2D eigenvalue weighted by molar-refractivity contribution is -0.137. The second-order valence-electron chi connectivity index (χ2n) is 8.00. The quantitative estimate of drug-likeness (QED) is 0.532.